The largest absolute Gasteiger partial charge is 0.394 e. The zero-order valence-corrected chi connectivity index (χ0v) is 9.41. The van der Waals surface area contributed by atoms with Crippen molar-refractivity contribution >= 4 is 0 Å². The predicted octanol–water partition coefficient (Wildman–Crippen LogP) is -1.82. The molecule has 1 saturated heterocycles. The van der Waals surface area contributed by atoms with Crippen LogP contribution in [0.25, 0.3) is 0 Å². The van der Waals surface area contributed by atoms with Crippen LogP contribution >= 0.6 is 0 Å². The van der Waals surface area contributed by atoms with Crippen LogP contribution in [-0.4, -0.2) is 64.2 Å². The lowest BCUT2D eigenvalue weighted by Gasteiger charge is -2.40. The Morgan fingerprint density at radius 2 is 1.88 bits per heavy atom. The van der Waals surface area contributed by atoms with Gasteiger partial charge in [-0.1, -0.05) is 13.3 Å². The van der Waals surface area contributed by atoms with Crippen LogP contribution in [0.3, 0.4) is 0 Å². The predicted molar refractivity (Wildman–Crippen MR) is 56.7 cm³/mol. The van der Waals surface area contributed by atoms with Crippen LogP contribution < -0.4 is 5.32 Å². The van der Waals surface area contributed by atoms with Crippen molar-refractivity contribution in [2.24, 2.45) is 0 Å². The van der Waals surface area contributed by atoms with Crippen LogP contribution in [0.15, 0.2) is 0 Å². The van der Waals surface area contributed by atoms with Crippen molar-refractivity contribution in [1.29, 1.82) is 0 Å². The molecule has 1 fully saturated rings. The second-order valence-corrected chi connectivity index (χ2v) is 4.06. The van der Waals surface area contributed by atoms with Gasteiger partial charge < -0.3 is 30.5 Å². The van der Waals surface area contributed by atoms with Gasteiger partial charge in [-0.15, -0.1) is 0 Å². The summed E-state index contributed by atoms with van der Waals surface area (Å²) in [5, 5.41) is 40.7. The van der Waals surface area contributed by atoms with Gasteiger partial charge in [-0.25, -0.2) is 0 Å². The summed E-state index contributed by atoms with van der Waals surface area (Å²) in [6.07, 6.45) is -2.57. The van der Waals surface area contributed by atoms with Crippen LogP contribution in [0, 0.1) is 0 Å². The SMILES string of the molecule is CCCCN[C@@H]1[C@@H](O)[C@H](O)[C@@H](CO)O[C@@H]1O. The Labute approximate surface area is 94.9 Å². The lowest BCUT2D eigenvalue weighted by Crippen LogP contribution is -2.63. The van der Waals surface area contributed by atoms with E-state index in [1.54, 1.807) is 0 Å². The summed E-state index contributed by atoms with van der Waals surface area (Å²) in [7, 11) is 0. The fourth-order valence-corrected chi connectivity index (χ4v) is 1.76. The minimum absolute atomic E-state index is 0.434. The average Bonchev–Trinajstić information content (AvgIpc) is 2.28. The van der Waals surface area contributed by atoms with E-state index in [0.29, 0.717) is 6.54 Å². The molecule has 1 aliphatic heterocycles. The normalized spacial score (nSPS) is 39.9. The zero-order valence-electron chi connectivity index (χ0n) is 9.41. The summed E-state index contributed by atoms with van der Waals surface area (Å²) in [4.78, 5) is 0. The van der Waals surface area contributed by atoms with Crippen LogP contribution in [0.2, 0.25) is 0 Å². The van der Waals surface area contributed by atoms with Gasteiger partial charge in [0.2, 0.25) is 0 Å². The quantitative estimate of drug-likeness (QED) is 0.359. The van der Waals surface area contributed by atoms with E-state index in [2.05, 4.69) is 5.32 Å². The van der Waals surface area contributed by atoms with Crippen molar-refractivity contribution in [3.63, 3.8) is 0 Å². The molecule has 0 amide bonds. The summed E-state index contributed by atoms with van der Waals surface area (Å²) >= 11 is 0. The van der Waals surface area contributed by atoms with E-state index in [9.17, 15) is 15.3 Å². The third-order valence-corrected chi connectivity index (χ3v) is 2.81. The fraction of sp³-hybridized carbons (Fsp3) is 1.00. The first kappa shape index (κ1) is 13.8. The highest BCUT2D eigenvalue weighted by Gasteiger charge is 2.43. The van der Waals surface area contributed by atoms with Gasteiger partial charge in [0, 0.05) is 0 Å². The molecule has 0 aromatic carbocycles. The highest BCUT2D eigenvalue weighted by Crippen LogP contribution is 2.19. The molecule has 1 rings (SSSR count). The number of nitrogens with one attached hydrogen (secondary N) is 1. The summed E-state index contributed by atoms with van der Waals surface area (Å²) in [5.41, 5.74) is 0. The van der Waals surface area contributed by atoms with E-state index >= 15 is 0 Å². The summed E-state index contributed by atoms with van der Waals surface area (Å²) in [5.74, 6) is 0. The topological polar surface area (TPSA) is 102 Å². The Hall–Kier alpha value is -0.240. The number of aliphatic hydroxyl groups is 4. The maximum atomic E-state index is 9.75. The molecule has 5 N–H and O–H groups in total. The number of hydrogen-bond donors (Lipinski definition) is 5. The summed E-state index contributed by atoms with van der Waals surface area (Å²) in [6, 6.07) is -0.718. The fourth-order valence-electron chi connectivity index (χ4n) is 1.76. The first-order valence-corrected chi connectivity index (χ1v) is 5.65. The second-order valence-electron chi connectivity index (χ2n) is 4.06. The molecule has 0 aromatic rings. The van der Waals surface area contributed by atoms with Gasteiger partial charge >= 0.3 is 0 Å². The molecule has 0 unspecified atom stereocenters. The molecule has 16 heavy (non-hydrogen) atoms. The molecule has 96 valence electrons. The lowest BCUT2D eigenvalue weighted by molar-refractivity contribution is -0.254. The minimum atomic E-state index is -1.22. The first-order valence-electron chi connectivity index (χ1n) is 5.65. The third kappa shape index (κ3) is 3.13. The lowest BCUT2D eigenvalue weighted by atomic mass is 9.97. The minimum Gasteiger partial charge on any atom is -0.394 e. The smallest absolute Gasteiger partial charge is 0.173 e. The molecule has 0 spiro atoms. The van der Waals surface area contributed by atoms with Gasteiger partial charge in [-0.3, -0.25) is 0 Å². The Kier molecular flexibility index (Phi) is 5.60. The number of aliphatic hydroxyl groups excluding tert-OH is 4. The summed E-state index contributed by atoms with van der Waals surface area (Å²) < 4.78 is 4.99. The standard InChI is InChI=1S/C10H21NO5/c1-2-3-4-11-7-9(14)8(13)6(5-12)16-10(7)15/h6-15H,2-5H2,1H3/t6-,7-,8-,9-,10+/m1/s1. The molecule has 1 heterocycles. The number of rotatable bonds is 5. The van der Waals surface area contributed by atoms with Gasteiger partial charge in [0.1, 0.15) is 18.3 Å². The van der Waals surface area contributed by atoms with Gasteiger partial charge in [0.25, 0.3) is 0 Å². The van der Waals surface area contributed by atoms with Crippen molar-refractivity contribution < 1.29 is 25.2 Å². The number of ether oxygens (including phenoxy) is 1. The molecule has 0 saturated carbocycles. The first-order chi connectivity index (χ1) is 7.61. The van der Waals surface area contributed by atoms with Crippen molar-refractivity contribution in [3.05, 3.63) is 0 Å². The van der Waals surface area contributed by atoms with E-state index < -0.39 is 37.3 Å². The second kappa shape index (κ2) is 6.48. The van der Waals surface area contributed by atoms with Gasteiger partial charge in [0.05, 0.1) is 12.6 Å². The Bertz CT molecular complexity index is 204. The monoisotopic (exact) mass is 235 g/mol. The summed E-state index contributed by atoms with van der Waals surface area (Å²) in [6.45, 7) is 2.23. The molecule has 0 aliphatic carbocycles. The molecule has 1 aliphatic rings. The molecule has 6 nitrogen and oxygen atoms in total. The third-order valence-electron chi connectivity index (χ3n) is 2.81. The van der Waals surface area contributed by atoms with Crippen molar-refractivity contribution in [3.8, 4) is 0 Å². The molecular weight excluding hydrogens is 214 g/mol. The molecule has 0 bridgehead atoms. The van der Waals surface area contributed by atoms with E-state index in [0.717, 1.165) is 12.8 Å². The van der Waals surface area contributed by atoms with E-state index in [-0.39, 0.29) is 0 Å². The Balaban J connectivity index is 2.50. The van der Waals surface area contributed by atoms with Crippen LogP contribution in [0.4, 0.5) is 0 Å². The molecule has 6 heteroatoms. The molecule has 0 radical (unpaired) electrons. The number of unbranched alkanes of at least 4 members (excludes halogenated alkanes) is 1. The molecule has 5 atom stereocenters. The Morgan fingerprint density at radius 3 is 2.44 bits per heavy atom. The zero-order chi connectivity index (χ0) is 12.1. The van der Waals surface area contributed by atoms with Gasteiger partial charge in [0.15, 0.2) is 6.29 Å². The van der Waals surface area contributed by atoms with E-state index in [1.807, 2.05) is 6.92 Å². The van der Waals surface area contributed by atoms with Crippen LogP contribution in [-0.2, 0) is 4.74 Å². The van der Waals surface area contributed by atoms with Crippen molar-refractivity contribution in [1.82, 2.24) is 5.32 Å². The van der Waals surface area contributed by atoms with E-state index in [4.69, 9.17) is 9.84 Å². The Morgan fingerprint density at radius 1 is 1.19 bits per heavy atom. The number of hydrogen-bond acceptors (Lipinski definition) is 6. The van der Waals surface area contributed by atoms with Crippen LogP contribution in [0.1, 0.15) is 19.8 Å². The van der Waals surface area contributed by atoms with Gasteiger partial charge in [-0.05, 0) is 13.0 Å². The van der Waals surface area contributed by atoms with Crippen LogP contribution in [0.5, 0.6) is 0 Å². The molecule has 0 aromatic heterocycles. The molecular formula is C10H21NO5. The van der Waals surface area contributed by atoms with Crippen molar-refractivity contribution in [2.75, 3.05) is 13.2 Å². The highest BCUT2D eigenvalue weighted by molar-refractivity contribution is 4.92. The van der Waals surface area contributed by atoms with Gasteiger partial charge in [-0.2, -0.15) is 0 Å². The average molecular weight is 235 g/mol. The highest BCUT2D eigenvalue weighted by atomic mass is 16.6. The maximum absolute atomic E-state index is 9.75. The van der Waals surface area contributed by atoms with E-state index in [1.165, 1.54) is 0 Å². The van der Waals surface area contributed by atoms with Crippen molar-refractivity contribution in [2.45, 2.75) is 50.4 Å². The maximum Gasteiger partial charge on any atom is 0.173 e.